The lowest BCUT2D eigenvalue weighted by molar-refractivity contribution is -0.140. The summed E-state index contributed by atoms with van der Waals surface area (Å²) in [5.41, 5.74) is 0.827. The van der Waals surface area contributed by atoms with E-state index < -0.39 is 17.7 Å². The molecule has 1 N–H and O–H groups in total. The van der Waals surface area contributed by atoms with Crippen LogP contribution in [0.3, 0.4) is 0 Å². The average Bonchev–Trinajstić information content (AvgIpc) is 3.29. The van der Waals surface area contributed by atoms with Gasteiger partial charge in [-0.15, -0.1) is 0 Å². The van der Waals surface area contributed by atoms with Gasteiger partial charge in [0.2, 0.25) is 6.79 Å². The van der Waals surface area contributed by atoms with Gasteiger partial charge in [-0.3, -0.25) is 14.6 Å². The molecule has 2 aromatic rings. The maximum atomic E-state index is 12.8. The molecule has 2 aliphatic heterocycles. The van der Waals surface area contributed by atoms with Gasteiger partial charge in [0, 0.05) is 25.4 Å². The first-order valence-electron chi connectivity index (χ1n) is 8.70. The number of nitrogens with zero attached hydrogens (tertiary/aromatic N) is 2. The summed E-state index contributed by atoms with van der Waals surface area (Å²) in [5.74, 6) is -0.727. The number of Topliss-reactive ketones (excluding diaryl/α,β-unsaturated/α-hetero) is 1. The first-order valence-corrected chi connectivity index (χ1v) is 8.70. The molecule has 8 nitrogen and oxygen atoms in total. The van der Waals surface area contributed by atoms with Gasteiger partial charge in [0.1, 0.15) is 11.8 Å². The number of rotatable bonds is 5. The maximum Gasteiger partial charge on any atom is 0.295 e. The van der Waals surface area contributed by atoms with Crippen LogP contribution >= 0.6 is 0 Å². The minimum absolute atomic E-state index is 0.0151. The largest absolute Gasteiger partial charge is 0.507 e. The SMILES string of the molecule is COCCN1C(=O)C(=O)/C(=C(\O)c2ccc3c(c2)OCO3)C1c1ccccn1. The molecule has 0 spiro atoms. The third-order valence-corrected chi connectivity index (χ3v) is 4.69. The molecule has 1 saturated heterocycles. The monoisotopic (exact) mass is 382 g/mol. The molecule has 28 heavy (non-hydrogen) atoms. The Kier molecular flexibility index (Phi) is 4.70. The fraction of sp³-hybridized carbons (Fsp3) is 0.250. The smallest absolute Gasteiger partial charge is 0.295 e. The van der Waals surface area contributed by atoms with E-state index in [4.69, 9.17) is 14.2 Å². The van der Waals surface area contributed by atoms with Crippen molar-refractivity contribution in [3.05, 3.63) is 59.4 Å². The first kappa shape index (κ1) is 18.0. The van der Waals surface area contributed by atoms with Crippen molar-refractivity contribution in [1.82, 2.24) is 9.88 Å². The van der Waals surface area contributed by atoms with Crippen molar-refractivity contribution in [2.45, 2.75) is 6.04 Å². The molecule has 144 valence electrons. The van der Waals surface area contributed by atoms with Gasteiger partial charge in [-0.05, 0) is 30.3 Å². The van der Waals surface area contributed by atoms with Crippen molar-refractivity contribution >= 4 is 17.4 Å². The summed E-state index contributed by atoms with van der Waals surface area (Å²) in [6.45, 7) is 0.537. The van der Waals surface area contributed by atoms with E-state index in [0.29, 0.717) is 22.8 Å². The van der Waals surface area contributed by atoms with Crippen molar-refractivity contribution < 1.29 is 28.9 Å². The van der Waals surface area contributed by atoms with Crippen LogP contribution in [-0.4, -0.2) is 53.7 Å². The molecule has 0 radical (unpaired) electrons. The van der Waals surface area contributed by atoms with Gasteiger partial charge < -0.3 is 24.2 Å². The summed E-state index contributed by atoms with van der Waals surface area (Å²) < 4.78 is 15.7. The Labute approximate surface area is 161 Å². The van der Waals surface area contributed by atoms with Crippen LogP contribution in [0.15, 0.2) is 48.2 Å². The standard InChI is InChI=1S/C20H18N2O6/c1-26-9-8-22-17(13-4-2-3-7-21-13)16(19(24)20(22)25)18(23)12-5-6-14-15(10-12)28-11-27-14/h2-7,10,17,23H,8-9,11H2,1H3/b18-16-. The van der Waals surface area contributed by atoms with Crippen LogP contribution in [-0.2, 0) is 14.3 Å². The molecule has 1 unspecified atom stereocenters. The number of aliphatic hydroxyl groups excluding tert-OH is 1. The number of benzene rings is 1. The van der Waals surface area contributed by atoms with E-state index in [1.54, 1.807) is 42.6 Å². The third-order valence-electron chi connectivity index (χ3n) is 4.69. The molecule has 1 aromatic carbocycles. The highest BCUT2D eigenvalue weighted by molar-refractivity contribution is 6.46. The highest BCUT2D eigenvalue weighted by Gasteiger charge is 2.46. The maximum absolute atomic E-state index is 12.8. The lowest BCUT2D eigenvalue weighted by Crippen LogP contribution is -2.33. The van der Waals surface area contributed by atoms with Crippen LogP contribution in [0, 0.1) is 0 Å². The Morgan fingerprint density at radius 2 is 2.07 bits per heavy atom. The minimum atomic E-state index is -0.804. The molecule has 0 bridgehead atoms. The lowest BCUT2D eigenvalue weighted by atomic mass is 9.98. The van der Waals surface area contributed by atoms with Crippen molar-refractivity contribution in [1.29, 1.82) is 0 Å². The molecule has 4 rings (SSSR count). The van der Waals surface area contributed by atoms with E-state index in [-0.39, 0.29) is 31.3 Å². The zero-order chi connectivity index (χ0) is 19.7. The summed E-state index contributed by atoms with van der Waals surface area (Å²) in [6.07, 6.45) is 1.58. The van der Waals surface area contributed by atoms with E-state index >= 15 is 0 Å². The van der Waals surface area contributed by atoms with Gasteiger partial charge in [0.15, 0.2) is 11.5 Å². The van der Waals surface area contributed by atoms with Crippen LogP contribution < -0.4 is 9.47 Å². The molecule has 1 fully saturated rings. The number of likely N-dealkylation sites (tertiary alicyclic amines) is 1. The number of ether oxygens (including phenoxy) is 3. The number of fused-ring (bicyclic) bond motifs is 1. The van der Waals surface area contributed by atoms with Crippen LogP contribution in [0.2, 0.25) is 0 Å². The van der Waals surface area contributed by atoms with Gasteiger partial charge in [-0.25, -0.2) is 0 Å². The van der Waals surface area contributed by atoms with Crippen LogP contribution in [0.1, 0.15) is 17.3 Å². The van der Waals surface area contributed by atoms with E-state index in [1.165, 1.54) is 12.0 Å². The van der Waals surface area contributed by atoms with Gasteiger partial charge in [0.25, 0.3) is 11.7 Å². The van der Waals surface area contributed by atoms with Crippen molar-refractivity contribution in [2.24, 2.45) is 0 Å². The predicted octanol–water partition coefficient (Wildman–Crippen LogP) is 1.88. The molecule has 1 atom stereocenters. The van der Waals surface area contributed by atoms with Crippen molar-refractivity contribution in [3.63, 3.8) is 0 Å². The summed E-state index contributed by atoms with van der Waals surface area (Å²) in [6, 6.07) is 9.25. The Morgan fingerprint density at radius 1 is 1.25 bits per heavy atom. The van der Waals surface area contributed by atoms with Gasteiger partial charge >= 0.3 is 0 Å². The summed E-state index contributed by atoms with van der Waals surface area (Å²) >= 11 is 0. The number of methoxy groups -OCH3 is 1. The number of carbonyl (C=O) groups excluding carboxylic acids is 2. The van der Waals surface area contributed by atoms with Gasteiger partial charge in [0.05, 0.1) is 17.9 Å². The highest BCUT2D eigenvalue weighted by Crippen LogP contribution is 2.40. The topological polar surface area (TPSA) is 98.2 Å². The number of hydrogen-bond donors (Lipinski definition) is 1. The highest BCUT2D eigenvalue weighted by atomic mass is 16.7. The van der Waals surface area contributed by atoms with Crippen LogP contribution in [0.25, 0.3) is 5.76 Å². The number of carbonyl (C=O) groups is 2. The number of amides is 1. The number of pyridine rings is 1. The quantitative estimate of drug-likeness (QED) is 0.479. The molecule has 1 aromatic heterocycles. The van der Waals surface area contributed by atoms with Crippen LogP contribution in [0.5, 0.6) is 11.5 Å². The zero-order valence-electron chi connectivity index (χ0n) is 15.1. The Balaban J connectivity index is 1.83. The minimum Gasteiger partial charge on any atom is -0.507 e. The molecule has 8 heteroatoms. The normalized spacial score (nSPS) is 20.0. The van der Waals surface area contributed by atoms with E-state index in [1.807, 2.05) is 0 Å². The molecule has 3 heterocycles. The number of aromatic nitrogens is 1. The third kappa shape index (κ3) is 2.97. The fourth-order valence-electron chi connectivity index (χ4n) is 3.34. The number of aliphatic hydroxyl groups is 1. The molecule has 1 amide bonds. The summed E-state index contributed by atoms with van der Waals surface area (Å²) in [7, 11) is 1.51. The molecule has 0 saturated carbocycles. The van der Waals surface area contributed by atoms with E-state index in [2.05, 4.69) is 4.98 Å². The number of ketones is 1. The second-order valence-corrected chi connectivity index (χ2v) is 6.31. The van der Waals surface area contributed by atoms with Crippen molar-refractivity contribution in [3.8, 4) is 11.5 Å². The molecule has 0 aliphatic carbocycles. The predicted molar refractivity (Wildman–Crippen MR) is 97.7 cm³/mol. The average molecular weight is 382 g/mol. The molecule has 2 aliphatic rings. The number of hydrogen-bond acceptors (Lipinski definition) is 7. The first-order chi connectivity index (χ1) is 13.6. The summed E-state index contributed by atoms with van der Waals surface area (Å²) in [5, 5.41) is 10.9. The lowest BCUT2D eigenvalue weighted by Gasteiger charge is -2.24. The Morgan fingerprint density at radius 3 is 2.82 bits per heavy atom. The summed E-state index contributed by atoms with van der Waals surface area (Å²) in [4.78, 5) is 31.1. The zero-order valence-corrected chi connectivity index (χ0v) is 15.1. The fourth-order valence-corrected chi connectivity index (χ4v) is 3.34. The van der Waals surface area contributed by atoms with Gasteiger partial charge in [-0.1, -0.05) is 6.07 Å². The second-order valence-electron chi connectivity index (χ2n) is 6.31. The van der Waals surface area contributed by atoms with E-state index in [9.17, 15) is 14.7 Å². The second kappa shape index (κ2) is 7.32. The van der Waals surface area contributed by atoms with Gasteiger partial charge in [-0.2, -0.15) is 0 Å². The Hall–Kier alpha value is -3.39. The van der Waals surface area contributed by atoms with Crippen LogP contribution in [0.4, 0.5) is 0 Å². The van der Waals surface area contributed by atoms with E-state index in [0.717, 1.165) is 0 Å². The van der Waals surface area contributed by atoms with Crippen molar-refractivity contribution in [2.75, 3.05) is 27.1 Å². The molecular formula is C20H18N2O6. The molecular weight excluding hydrogens is 364 g/mol. The Bertz CT molecular complexity index is 956.